The summed E-state index contributed by atoms with van der Waals surface area (Å²) in [5, 5.41) is 10.8. The van der Waals surface area contributed by atoms with Gasteiger partial charge in [0, 0.05) is 13.2 Å². The van der Waals surface area contributed by atoms with Gasteiger partial charge in [-0.15, -0.1) is 0 Å². The molecule has 1 aliphatic heterocycles. The number of allylic oxidation sites excluding steroid dienone is 2. The predicted octanol–water partition coefficient (Wildman–Crippen LogP) is 2.83. The van der Waals surface area contributed by atoms with Gasteiger partial charge >= 0.3 is 0 Å². The van der Waals surface area contributed by atoms with Gasteiger partial charge in [-0.05, 0) is 37.6 Å². The lowest BCUT2D eigenvalue weighted by atomic mass is 9.83. The molecule has 1 aliphatic carbocycles. The van der Waals surface area contributed by atoms with Gasteiger partial charge in [-0.3, -0.25) is 4.99 Å². The number of aliphatic imine (C=N–C) groups is 1. The van der Waals surface area contributed by atoms with Crippen molar-refractivity contribution in [2.24, 2.45) is 10.9 Å². The van der Waals surface area contributed by atoms with E-state index < -0.39 is 6.10 Å². The van der Waals surface area contributed by atoms with E-state index >= 15 is 0 Å². The van der Waals surface area contributed by atoms with Crippen LogP contribution in [0.2, 0.25) is 0 Å². The molecule has 0 aromatic rings. The van der Waals surface area contributed by atoms with Crippen LogP contribution in [-0.4, -0.2) is 37.0 Å². The number of hydrogen-bond acceptors (Lipinski definition) is 4. The molecular weight excluding hydrogens is 252 g/mol. The zero-order valence-electron chi connectivity index (χ0n) is 12.4. The van der Waals surface area contributed by atoms with E-state index in [-0.39, 0.29) is 0 Å². The Bertz CT molecular complexity index is 445. The molecule has 110 valence electrons. The maximum atomic E-state index is 10.8. The molecule has 1 N–H and O–H groups in total. The monoisotopic (exact) mass is 276 g/mol. The van der Waals surface area contributed by atoms with Gasteiger partial charge in [0.15, 0.2) is 0 Å². The van der Waals surface area contributed by atoms with Crippen molar-refractivity contribution in [2.75, 3.05) is 14.2 Å². The lowest BCUT2D eigenvalue weighted by molar-refractivity contribution is 0.0876. The van der Waals surface area contributed by atoms with Crippen molar-refractivity contribution in [3.05, 3.63) is 35.5 Å². The molecule has 0 bridgehead atoms. The van der Waals surface area contributed by atoms with Gasteiger partial charge in [-0.1, -0.05) is 19.3 Å². The van der Waals surface area contributed by atoms with Crippen LogP contribution in [0.5, 0.6) is 0 Å². The Kier molecular flexibility index (Phi) is 5.01. The highest BCUT2D eigenvalue weighted by Crippen LogP contribution is 2.34. The molecule has 1 atom stereocenters. The van der Waals surface area contributed by atoms with E-state index in [0.29, 0.717) is 5.92 Å². The van der Waals surface area contributed by atoms with Crippen molar-refractivity contribution >= 4 is 6.72 Å². The van der Waals surface area contributed by atoms with Crippen LogP contribution >= 0.6 is 0 Å². The Morgan fingerprint density at radius 2 is 2.10 bits per heavy atom. The fourth-order valence-electron chi connectivity index (χ4n) is 3.08. The summed E-state index contributed by atoms with van der Waals surface area (Å²) >= 11 is 0. The summed E-state index contributed by atoms with van der Waals surface area (Å²) < 4.78 is 5.43. The largest absolute Gasteiger partial charge is 0.495 e. The fraction of sp³-hybridized carbons (Fsp3) is 0.562. The van der Waals surface area contributed by atoms with Crippen molar-refractivity contribution in [2.45, 2.75) is 38.2 Å². The number of aliphatic hydroxyl groups is 1. The van der Waals surface area contributed by atoms with E-state index in [0.717, 1.165) is 30.0 Å². The number of likely N-dealkylation sites (N-methyl/N-ethyl adjacent to an activating group) is 1. The van der Waals surface area contributed by atoms with Crippen LogP contribution in [0.4, 0.5) is 0 Å². The zero-order chi connectivity index (χ0) is 14.5. The smallest absolute Gasteiger partial charge is 0.141 e. The first-order valence-electron chi connectivity index (χ1n) is 7.23. The van der Waals surface area contributed by atoms with Crippen molar-refractivity contribution in [1.82, 2.24) is 4.90 Å². The summed E-state index contributed by atoms with van der Waals surface area (Å²) in [4.78, 5) is 5.77. The Balaban J connectivity index is 2.28. The highest BCUT2D eigenvalue weighted by molar-refractivity contribution is 5.38. The molecule has 0 aromatic heterocycles. The third kappa shape index (κ3) is 2.96. The highest BCUT2D eigenvalue weighted by atomic mass is 16.5. The SMILES string of the molecule is C=N/C=C1/C=CC(OC)=C(C(O)C2CCCCC2)N1C. The Morgan fingerprint density at radius 1 is 1.40 bits per heavy atom. The number of ether oxygens (including phenoxy) is 1. The molecule has 0 radical (unpaired) electrons. The first-order chi connectivity index (χ1) is 9.69. The van der Waals surface area contributed by atoms with Gasteiger partial charge in [-0.2, -0.15) is 0 Å². The molecule has 4 heteroatoms. The molecular formula is C16H24N2O2. The molecule has 4 nitrogen and oxygen atoms in total. The standard InChI is InChI=1S/C16H24N2O2/c1-17-11-13-9-10-14(20-3)15(18(13)2)16(19)12-7-5-4-6-8-12/h9-12,16,19H,1,4-8H2,2-3H3/b13-11-. The van der Waals surface area contributed by atoms with E-state index in [9.17, 15) is 5.11 Å². The third-order valence-electron chi connectivity index (χ3n) is 4.23. The molecule has 2 aliphatic rings. The van der Waals surface area contributed by atoms with Crippen LogP contribution in [0.15, 0.2) is 40.5 Å². The summed E-state index contributed by atoms with van der Waals surface area (Å²) in [6.45, 7) is 3.49. The van der Waals surface area contributed by atoms with Gasteiger partial charge < -0.3 is 14.7 Å². The Morgan fingerprint density at radius 3 is 2.70 bits per heavy atom. The Labute approximate surface area is 121 Å². The molecule has 0 amide bonds. The van der Waals surface area contributed by atoms with Crippen LogP contribution in [0.1, 0.15) is 32.1 Å². The van der Waals surface area contributed by atoms with Crippen molar-refractivity contribution < 1.29 is 9.84 Å². The fourth-order valence-corrected chi connectivity index (χ4v) is 3.08. The van der Waals surface area contributed by atoms with Gasteiger partial charge in [-0.25, -0.2) is 0 Å². The molecule has 2 rings (SSSR count). The Hall–Kier alpha value is -1.55. The van der Waals surface area contributed by atoms with Gasteiger partial charge in [0.05, 0.1) is 18.5 Å². The van der Waals surface area contributed by atoms with Gasteiger partial charge in [0.2, 0.25) is 0 Å². The maximum Gasteiger partial charge on any atom is 0.141 e. The lowest BCUT2D eigenvalue weighted by Crippen LogP contribution is -2.35. The molecule has 1 fully saturated rings. The minimum Gasteiger partial charge on any atom is -0.495 e. The number of aliphatic hydroxyl groups excluding tert-OH is 1. The second-order valence-electron chi connectivity index (χ2n) is 5.43. The van der Waals surface area contributed by atoms with Gasteiger partial charge in [0.25, 0.3) is 0 Å². The summed E-state index contributed by atoms with van der Waals surface area (Å²) in [6, 6.07) is 0. The molecule has 0 spiro atoms. The second kappa shape index (κ2) is 6.75. The minimum absolute atomic E-state index is 0.316. The molecule has 1 unspecified atom stereocenters. The first-order valence-corrected chi connectivity index (χ1v) is 7.23. The zero-order valence-corrected chi connectivity index (χ0v) is 12.4. The predicted molar refractivity (Wildman–Crippen MR) is 81.2 cm³/mol. The number of rotatable bonds is 4. The van der Waals surface area contributed by atoms with Crippen LogP contribution in [0.25, 0.3) is 0 Å². The topological polar surface area (TPSA) is 45.1 Å². The minimum atomic E-state index is -0.492. The van der Waals surface area contributed by atoms with E-state index in [1.165, 1.54) is 19.3 Å². The summed E-state index contributed by atoms with van der Waals surface area (Å²) in [6.07, 6.45) is 10.9. The van der Waals surface area contributed by atoms with Crippen LogP contribution in [0, 0.1) is 5.92 Å². The molecule has 20 heavy (non-hydrogen) atoms. The third-order valence-corrected chi connectivity index (χ3v) is 4.23. The average molecular weight is 276 g/mol. The molecule has 1 heterocycles. The van der Waals surface area contributed by atoms with Crippen LogP contribution < -0.4 is 0 Å². The quantitative estimate of drug-likeness (QED) is 0.803. The summed E-state index contributed by atoms with van der Waals surface area (Å²) in [7, 11) is 3.57. The maximum absolute atomic E-state index is 10.8. The normalized spacial score (nSPS) is 24.1. The van der Waals surface area contributed by atoms with E-state index in [2.05, 4.69) is 11.7 Å². The highest BCUT2D eigenvalue weighted by Gasteiger charge is 2.31. The van der Waals surface area contributed by atoms with Crippen molar-refractivity contribution in [3.63, 3.8) is 0 Å². The van der Waals surface area contributed by atoms with Crippen LogP contribution in [-0.2, 0) is 4.74 Å². The van der Waals surface area contributed by atoms with Gasteiger partial charge in [0.1, 0.15) is 11.9 Å². The second-order valence-corrected chi connectivity index (χ2v) is 5.43. The van der Waals surface area contributed by atoms with E-state index in [1.807, 2.05) is 24.1 Å². The van der Waals surface area contributed by atoms with Crippen molar-refractivity contribution in [3.8, 4) is 0 Å². The number of nitrogens with zero attached hydrogens (tertiary/aromatic N) is 2. The van der Waals surface area contributed by atoms with Crippen molar-refractivity contribution in [1.29, 1.82) is 0 Å². The number of hydrogen-bond donors (Lipinski definition) is 1. The first kappa shape index (κ1) is 14.9. The van der Waals surface area contributed by atoms with Crippen LogP contribution in [0.3, 0.4) is 0 Å². The summed E-state index contributed by atoms with van der Waals surface area (Å²) in [5.41, 5.74) is 1.74. The van der Waals surface area contributed by atoms with E-state index in [1.54, 1.807) is 13.3 Å². The summed E-state index contributed by atoms with van der Waals surface area (Å²) in [5.74, 6) is 1.04. The average Bonchev–Trinajstić information content (AvgIpc) is 2.49. The number of methoxy groups -OCH3 is 1. The van der Waals surface area contributed by atoms with E-state index in [4.69, 9.17) is 4.74 Å². The molecule has 0 saturated heterocycles. The molecule has 0 aromatic carbocycles. The lowest BCUT2D eigenvalue weighted by Gasteiger charge is -2.35. The molecule has 1 saturated carbocycles.